The van der Waals surface area contributed by atoms with Crippen LogP contribution in [0.1, 0.15) is 12.0 Å². The van der Waals surface area contributed by atoms with Crippen LogP contribution in [0.25, 0.3) is 0 Å². The van der Waals surface area contributed by atoms with Gasteiger partial charge in [-0.2, -0.15) is 11.8 Å². The Kier molecular flexibility index (Phi) is 5.23. The molecule has 0 aliphatic carbocycles. The molecule has 0 amide bonds. The van der Waals surface area contributed by atoms with E-state index in [-0.39, 0.29) is 0 Å². The first-order chi connectivity index (χ1) is 9.92. The van der Waals surface area contributed by atoms with Crippen molar-refractivity contribution >= 4 is 17.4 Å². The van der Waals surface area contributed by atoms with Crippen LogP contribution < -0.4 is 10.2 Å². The average Bonchev–Trinajstić information content (AvgIpc) is 3.02. The largest absolute Gasteiger partial charge is 0.378 e. The molecule has 0 aromatic heterocycles. The first-order valence-electron chi connectivity index (χ1n) is 7.62. The summed E-state index contributed by atoms with van der Waals surface area (Å²) >= 11 is 2.09. The molecular weight excluding hydrogens is 268 g/mol. The first kappa shape index (κ1) is 14.2. The molecule has 4 heteroatoms. The molecule has 1 unspecified atom stereocenters. The zero-order valence-electron chi connectivity index (χ0n) is 12.0. The minimum atomic E-state index is 0.850. The first-order valence-corrected chi connectivity index (χ1v) is 8.77. The van der Waals surface area contributed by atoms with Gasteiger partial charge in [-0.05, 0) is 48.1 Å². The quantitative estimate of drug-likeness (QED) is 0.900. The Hall–Kier alpha value is -0.710. The lowest BCUT2D eigenvalue weighted by molar-refractivity contribution is 0.122. The highest BCUT2D eigenvalue weighted by Gasteiger charge is 2.14. The number of thioether (sulfide) groups is 1. The molecule has 0 bridgehead atoms. The fourth-order valence-electron chi connectivity index (χ4n) is 2.81. The number of benzene rings is 1. The summed E-state index contributed by atoms with van der Waals surface area (Å²) in [5, 5.41) is 3.60. The Morgan fingerprint density at radius 2 is 2.00 bits per heavy atom. The Balaban J connectivity index is 1.45. The zero-order valence-corrected chi connectivity index (χ0v) is 12.8. The van der Waals surface area contributed by atoms with Crippen LogP contribution in [0.2, 0.25) is 0 Å². The van der Waals surface area contributed by atoms with Gasteiger partial charge in [-0.25, -0.2) is 0 Å². The van der Waals surface area contributed by atoms with E-state index in [1.165, 1.54) is 29.2 Å². The monoisotopic (exact) mass is 292 g/mol. The van der Waals surface area contributed by atoms with Crippen molar-refractivity contribution < 1.29 is 4.74 Å². The molecule has 2 aliphatic rings. The Morgan fingerprint density at radius 3 is 2.70 bits per heavy atom. The number of hydrogen-bond acceptors (Lipinski definition) is 4. The van der Waals surface area contributed by atoms with Crippen molar-refractivity contribution in [1.29, 1.82) is 0 Å². The maximum atomic E-state index is 5.39. The zero-order chi connectivity index (χ0) is 13.6. The third-order valence-electron chi connectivity index (χ3n) is 4.10. The van der Waals surface area contributed by atoms with Crippen molar-refractivity contribution in [3.63, 3.8) is 0 Å². The molecular formula is C16H24N2OS. The van der Waals surface area contributed by atoms with Gasteiger partial charge in [0.25, 0.3) is 0 Å². The van der Waals surface area contributed by atoms with Gasteiger partial charge in [0.15, 0.2) is 0 Å². The van der Waals surface area contributed by atoms with Gasteiger partial charge in [-0.15, -0.1) is 0 Å². The van der Waals surface area contributed by atoms with E-state index in [2.05, 4.69) is 46.2 Å². The van der Waals surface area contributed by atoms with E-state index < -0.39 is 0 Å². The summed E-state index contributed by atoms with van der Waals surface area (Å²) in [7, 11) is 0. The molecule has 2 saturated heterocycles. The van der Waals surface area contributed by atoms with Gasteiger partial charge >= 0.3 is 0 Å². The van der Waals surface area contributed by atoms with Crippen LogP contribution in [-0.4, -0.2) is 44.4 Å². The van der Waals surface area contributed by atoms with Gasteiger partial charge in [-0.3, -0.25) is 0 Å². The predicted molar refractivity (Wildman–Crippen MR) is 86.6 cm³/mol. The molecule has 0 spiro atoms. The Morgan fingerprint density at radius 1 is 1.20 bits per heavy atom. The topological polar surface area (TPSA) is 24.5 Å². The van der Waals surface area contributed by atoms with Crippen molar-refractivity contribution in [2.45, 2.75) is 13.0 Å². The fraction of sp³-hybridized carbons (Fsp3) is 0.625. The molecule has 3 nitrogen and oxygen atoms in total. The minimum Gasteiger partial charge on any atom is -0.378 e. The molecule has 1 N–H and O–H groups in total. The highest BCUT2D eigenvalue weighted by molar-refractivity contribution is 7.99. The molecule has 2 heterocycles. The van der Waals surface area contributed by atoms with E-state index >= 15 is 0 Å². The van der Waals surface area contributed by atoms with E-state index in [0.717, 1.165) is 45.3 Å². The van der Waals surface area contributed by atoms with Crippen LogP contribution in [0.15, 0.2) is 24.3 Å². The summed E-state index contributed by atoms with van der Waals surface area (Å²) in [6, 6.07) is 8.99. The van der Waals surface area contributed by atoms with E-state index in [9.17, 15) is 0 Å². The standard InChI is InChI=1S/C16H24N2OS/c1-3-16(18-6-8-19-9-7-18)4-2-14(1)11-17-12-15-5-10-20-13-15/h1-4,15,17H,5-13H2. The number of morpholine rings is 1. The van der Waals surface area contributed by atoms with Crippen molar-refractivity contribution in [2.24, 2.45) is 5.92 Å². The lowest BCUT2D eigenvalue weighted by Gasteiger charge is -2.28. The summed E-state index contributed by atoms with van der Waals surface area (Å²) in [5.41, 5.74) is 2.71. The second-order valence-corrected chi connectivity index (χ2v) is 6.78. The summed E-state index contributed by atoms with van der Waals surface area (Å²) in [6.45, 7) is 5.88. The summed E-state index contributed by atoms with van der Waals surface area (Å²) in [6.07, 6.45) is 1.38. The molecule has 2 fully saturated rings. The normalized spacial score (nSPS) is 23.2. The highest BCUT2D eigenvalue weighted by Crippen LogP contribution is 2.22. The Labute approximate surface area is 126 Å². The van der Waals surface area contributed by atoms with Crippen molar-refractivity contribution in [2.75, 3.05) is 49.3 Å². The third kappa shape index (κ3) is 3.90. The number of ether oxygens (including phenoxy) is 1. The van der Waals surface area contributed by atoms with E-state index in [1.807, 2.05) is 0 Å². The minimum absolute atomic E-state index is 0.850. The molecule has 2 aliphatic heterocycles. The van der Waals surface area contributed by atoms with Gasteiger partial charge in [0, 0.05) is 25.3 Å². The van der Waals surface area contributed by atoms with E-state index in [1.54, 1.807) is 0 Å². The molecule has 0 radical (unpaired) electrons. The van der Waals surface area contributed by atoms with Gasteiger partial charge in [0.1, 0.15) is 0 Å². The van der Waals surface area contributed by atoms with E-state index in [0.29, 0.717) is 0 Å². The molecule has 1 atom stereocenters. The lowest BCUT2D eigenvalue weighted by atomic mass is 10.1. The van der Waals surface area contributed by atoms with Crippen LogP contribution in [0, 0.1) is 5.92 Å². The van der Waals surface area contributed by atoms with Crippen LogP contribution in [0.5, 0.6) is 0 Å². The van der Waals surface area contributed by atoms with Crippen LogP contribution in [0.3, 0.4) is 0 Å². The molecule has 110 valence electrons. The Bertz CT molecular complexity index is 397. The number of nitrogens with zero attached hydrogens (tertiary/aromatic N) is 1. The van der Waals surface area contributed by atoms with Gasteiger partial charge in [0.2, 0.25) is 0 Å². The van der Waals surface area contributed by atoms with Crippen molar-refractivity contribution in [1.82, 2.24) is 5.32 Å². The summed E-state index contributed by atoms with van der Waals surface area (Å²) < 4.78 is 5.39. The van der Waals surface area contributed by atoms with E-state index in [4.69, 9.17) is 4.74 Å². The second kappa shape index (κ2) is 7.34. The number of rotatable bonds is 5. The molecule has 0 saturated carbocycles. The van der Waals surface area contributed by atoms with Gasteiger partial charge in [0.05, 0.1) is 13.2 Å². The number of nitrogens with one attached hydrogen (secondary N) is 1. The van der Waals surface area contributed by atoms with Crippen LogP contribution in [0.4, 0.5) is 5.69 Å². The number of anilines is 1. The maximum Gasteiger partial charge on any atom is 0.0642 e. The van der Waals surface area contributed by atoms with Crippen LogP contribution >= 0.6 is 11.8 Å². The average molecular weight is 292 g/mol. The lowest BCUT2D eigenvalue weighted by Crippen LogP contribution is -2.36. The third-order valence-corrected chi connectivity index (χ3v) is 5.33. The molecule has 1 aromatic carbocycles. The molecule has 20 heavy (non-hydrogen) atoms. The SMILES string of the molecule is c1cc(N2CCOCC2)ccc1CNCC1CCSC1. The molecule has 3 rings (SSSR count). The highest BCUT2D eigenvalue weighted by atomic mass is 32.2. The maximum absolute atomic E-state index is 5.39. The molecule has 1 aromatic rings. The predicted octanol–water partition coefficient (Wildman–Crippen LogP) is 2.37. The van der Waals surface area contributed by atoms with Gasteiger partial charge < -0.3 is 15.0 Å². The summed E-state index contributed by atoms with van der Waals surface area (Å²) in [4.78, 5) is 2.40. The van der Waals surface area contributed by atoms with Gasteiger partial charge in [-0.1, -0.05) is 12.1 Å². The summed E-state index contributed by atoms with van der Waals surface area (Å²) in [5.74, 6) is 3.57. The smallest absolute Gasteiger partial charge is 0.0642 e. The van der Waals surface area contributed by atoms with Crippen LogP contribution in [-0.2, 0) is 11.3 Å². The van der Waals surface area contributed by atoms with Crippen molar-refractivity contribution in [3.8, 4) is 0 Å². The second-order valence-electron chi connectivity index (χ2n) is 5.63. The number of hydrogen-bond donors (Lipinski definition) is 1. The van der Waals surface area contributed by atoms with Crippen molar-refractivity contribution in [3.05, 3.63) is 29.8 Å². The fourth-order valence-corrected chi connectivity index (χ4v) is 4.10.